The summed E-state index contributed by atoms with van der Waals surface area (Å²) >= 11 is 0. The van der Waals surface area contributed by atoms with E-state index in [4.69, 9.17) is 9.84 Å². The third kappa shape index (κ3) is 3.57. The van der Waals surface area contributed by atoms with E-state index >= 15 is 0 Å². The standard InChI is InChI=1S/C13H18O3/c1-3-4-11-9-12(16-2)7-5-10(11)6-8-13(14)15/h5,7,9H,3-4,6,8H2,1-2H3,(H,14,15). The van der Waals surface area contributed by atoms with Crippen molar-refractivity contribution in [3.63, 3.8) is 0 Å². The van der Waals surface area contributed by atoms with Crippen LogP contribution in [-0.4, -0.2) is 18.2 Å². The van der Waals surface area contributed by atoms with Gasteiger partial charge in [0.25, 0.3) is 0 Å². The van der Waals surface area contributed by atoms with Crippen LogP contribution >= 0.6 is 0 Å². The normalized spacial score (nSPS) is 10.1. The number of rotatable bonds is 6. The van der Waals surface area contributed by atoms with Crippen molar-refractivity contribution in [1.82, 2.24) is 0 Å². The maximum Gasteiger partial charge on any atom is 0.303 e. The lowest BCUT2D eigenvalue weighted by Gasteiger charge is -2.09. The highest BCUT2D eigenvalue weighted by molar-refractivity contribution is 5.67. The maximum absolute atomic E-state index is 10.5. The van der Waals surface area contributed by atoms with Crippen molar-refractivity contribution in [2.75, 3.05) is 7.11 Å². The first-order valence-electron chi connectivity index (χ1n) is 5.55. The Hall–Kier alpha value is -1.51. The fourth-order valence-electron chi connectivity index (χ4n) is 1.72. The van der Waals surface area contributed by atoms with E-state index in [0.717, 1.165) is 24.2 Å². The predicted molar refractivity (Wildman–Crippen MR) is 62.9 cm³/mol. The molecule has 0 bridgehead atoms. The molecule has 3 nitrogen and oxygen atoms in total. The second-order valence-corrected chi connectivity index (χ2v) is 3.78. The van der Waals surface area contributed by atoms with Crippen LogP contribution < -0.4 is 4.74 Å². The van der Waals surface area contributed by atoms with Gasteiger partial charge in [-0.25, -0.2) is 0 Å². The van der Waals surface area contributed by atoms with E-state index < -0.39 is 5.97 Å². The van der Waals surface area contributed by atoms with E-state index in [1.165, 1.54) is 5.56 Å². The summed E-state index contributed by atoms with van der Waals surface area (Å²) in [5.41, 5.74) is 2.31. The van der Waals surface area contributed by atoms with Crippen molar-refractivity contribution in [2.24, 2.45) is 0 Å². The summed E-state index contributed by atoms with van der Waals surface area (Å²) in [6.07, 6.45) is 2.79. The molecule has 0 saturated carbocycles. The number of aliphatic carboxylic acids is 1. The number of methoxy groups -OCH3 is 1. The van der Waals surface area contributed by atoms with Gasteiger partial charge in [0.05, 0.1) is 7.11 Å². The van der Waals surface area contributed by atoms with Gasteiger partial charge in [0.15, 0.2) is 0 Å². The molecule has 0 radical (unpaired) electrons. The smallest absolute Gasteiger partial charge is 0.303 e. The summed E-state index contributed by atoms with van der Waals surface area (Å²) in [7, 11) is 1.64. The van der Waals surface area contributed by atoms with E-state index in [-0.39, 0.29) is 6.42 Å². The molecule has 0 aliphatic rings. The molecule has 0 unspecified atom stereocenters. The minimum absolute atomic E-state index is 0.184. The number of carboxylic acid groups (broad SMARTS) is 1. The Labute approximate surface area is 96.1 Å². The zero-order valence-electron chi connectivity index (χ0n) is 9.82. The van der Waals surface area contributed by atoms with Gasteiger partial charge >= 0.3 is 5.97 Å². The summed E-state index contributed by atoms with van der Waals surface area (Å²) in [6, 6.07) is 5.85. The third-order valence-electron chi connectivity index (χ3n) is 2.54. The molecular weight excluding hydrogens is 204 g/mol. The van der Waals surface area contributed by atoms with Crippen molar-refractivity contribution >= 4 is 5.97 Å². The molecular formula is C13H18O3. The first-order chi connectivity index (χ1) is 7.67. The largest absolute Gasteiger partial charge is 0.497 e. The lowest BCUT2D eigenvalue weighted by Crippen LogP contribution is -2.01. The molecule has 1 N–H and O–H groups in total. The van der Waals surface area contributed by atoms with E-state index in [1.807, 2.05) is 18.2 Å². The molecule has 0 atom stereocenters. The topological polar surface area (TPSA) is 46.5 Å². The molecule has 0 aromatic heterocycles. The minimum Gasteiger partial charge on any atom is -0.497 e. The van der Waals surface area contributed by atoms with Gasteiger partial charge in [0, 0.05) is 6.42 Å². The van der Waals surface area contributed by atoms with Crippen molar-refractivity contribution in [3.05, 3.63) is 29.3 Å². The van der Waals surface area contributed by atoms with Crippen LogP contribution in [0.3, 0.4) is 0 Å². The molecule has 3 heteroatoms. The minimum atomic E-state index is -0.752. The zero-order valence-corrected chi connectivity index (χ0v) is 9.82. The maximum atomic E-state index is 10.5. The second kappa shape index (κ2) is 6.16. The van der Waals surface area contributed by atoms with Gasteiger partial charge in [-0.3, -0.25) is 4.79 Å². The molecule has 0 heterocycles. The molecule has 1 aromatic carbocycles. The summed E-state index contributed by atoms with van der Waals surface area (Å²) in [5, 5.41) is 8.67. The average Bonchev–Trinajstić information content (AvgIpc) is 2.27. The van der Waals surface area contributed by atoms with E-state index in [1.54, 1.807) is 7.11 Å². The molecule has 0 saturated heterocycles. The first-order valence-corrected chi connectivity index (χ1v) is 5.55. The second-order valence-electron chi connectivity index (χ2n) is 3.78. The molecule has 1 rings (SSSR count). The number of carbonyl (C=O) groups is 1. The summed E-state index contributed by atoms with van der Waals surface area (Å²) in [5.74, 6) is 0.0841. The van der Waals surface area contributed by atoms with Crippen molar-refractivity contribution < 1.29 is 14.6 Å². The monoisotopic (exact) mass is 222 g/mol. The summed E-state index contributed by atoms with van der Waals surface area (Å²) < 4.78 is 5.17. The van der Waals surface area contributed by atoms with Gasteiger partial charge in [-0.15, -0.1) is 0 Å². The lowest BCUT2D eigenvalue weighted by atomic mass is 9.99. The molecule has 0 aliphatic carbocycles. The fraction of sp³-hybridized carbons (Fsp3) is 0.462. The Morgan fingerprint density at radius 1 is 1.31 bits per heavy atom. The highest BCUT2D eigenvalue weighted by Gasteiger charge is 2.06. The number of hydrogen-bond donors (Lipinski definition) is 1. The van der Waals surface area contributed by atoms with Crippen LogP contribution in [0.1, 0.15) is 30.9 Å². The number of benzene rings is 1. The van der Waals surface area contributed by atoms with Crippen LogP contribution in [0, 0.1) is 0 Å². The highest BCUT2D eigenvalue weighted by atomic mass is 16.5. The van der Waals surface area contributed by atoms with Gasteiger partial charge in [0.2, 0.25) is 0 Å². The Morgan fingerprint density at radius 2 is 2.06 bits per heavy atom. The van der Waals surface area contributed by atoms with Crippen molar-refractivity contribution in [3.8, 4) is 5.75 Å². The number of hydrogen-bond acceptors (Lipinski definition) is 2. The Kier molecular flexibility index (Phi) is 4.83. The quantitative estimate of drug-likeness (QED) is 0.804. The van der Waals surface area contributed by atoms with Crippen LogP contribution in [0.25, 0.3) is 0 Å². The van der Waals surface area contributed by atoms with E-state index in [2.05, 4.69) is 6.92 Å². The van der Waals surface area contributed by atoms with Crippen LogP contribution in [-0.2, 0) is 17.6 Å². The van der Waals surface area contributed by atoms with Crippen molar-refractivity contribution in [2.45, 2.75) is 32.6 Å². The van der Waals surface area contributed by atoms with Gasteiger partial charge in [-0.05, 0) is 36.1 Å². The van der Waals surface area contributed by atoms with E-state index in [9.17, 15) is 4.79 Å². The molecule has 0 fully saturated rings. The van der Waals surface area contributed by atoms with Gasteiger partial charge in [-0.2, -0.15) is 0 Å². The summed E-state index contributed by atoms with van der Waals surface area (Å²) in [6.45, 7) is 2.11. The first kappa shape index (κ1) is 12.6. The molecule has 1 aromatic rings. The number of carboxylic acids is 1. The van der Waals surface area contributed by atoms with Crippen LogP contribution in [0.4, 0.5) is 0 Å². The zero-order chi connectivity index (χ0) is 12.0. The molecule has 16 heavy (non-hydrogen) atoms. The van der Waals surface area contributed by atoms with Gasteiger partial charge in [0.1, 0.15) is 5.75 Å². The van der Waals surface area contributed by atoms with Crippen molar-refractivity contribution in [1.29, 1.82) is 0 Å². The van der Waals surface area contributed by atoms with Crippen LogP contribution in [0.2, 0.25) is 0 Å². The fourth-order valence-corrected chi connectivity index (χ4v) is 1.72. The van der Waals surface area contributed by atoms with Crippen LogP contribution in [0.15, 0.2) is 18.2 Å². The highest BCUT2D eigenvalue weighted by Crippen LogP contribution is 2.20. The Balaban J connectivity index is 2.84. The number of ether oxygens (including phenoxy) is 1. The van der Waals surface area contributed by atoms with Crippen LogP contribution in [0.5, 0.6) is 5.75 Å². The Bertz CT molecular complexity index is 358. The molecule has 0 aliphatic heterocycles. The average molecular weight is 222 g/mol. The van der Waals surface area contributed by atoms with E-state index in [0.29, 0.717) is 6.42 Å². The molecule has 0 spiro atoms. The predicted octanol–water partition coefficient (Wildman–Crippen LogP) is 2.66. The summed E-state index contributed by atoms with van der Waals surface area (Å²) in [4.78, 5) is 10.5. The van der Waals surface area contributed by atoms with Gasteiger partial charge < -0.3 is 9.84 Å². The Morgan fingerprint density at radius 3 is 2.62 bits per heavy atom. The SMILES string of the molecule is CCCc1cc(OC)ccc1CCC(=O)O. The van der Waals surface area contributed by atoms with Gasteiger partial charge in [-0.1, -0.05) is 19.4 Å². The number of aryl methyl sites for hydroxylation is 2. The molecule has 0 amide bonds. The third-order valence-corrected chi connectivity index (χ3v) is 2.54. The lowest BCUT2D eigenvalue weighted by molar-refractivity contribution is -0.136. The molecule has 88 valence electrons.